The maximum Gasteiger partial charge on any atom is 0.123 e. The predicted molar refractivity (Wildman–Crippen MR) is 89.3 cm³/mol. The van der Waals surface area contributed by atoms with E-state index < -0.39 is 0 Å². The lowest BCUT2D eigenvalue weighted by atomic mass is 10.0. The van der Waals surface area contributed by atoms with E-state index in [9.17, 15) is 0 Å². The van der Waals surface area contributed by atoms with Crippen LogP contribution in [0.2, 0.25) is 0 Å². The van der Waals surface area contributed by atoms with Crippen LogP contribution < -0.4 is 9.64 Å². The largest absolute Gasteiger partial charge is 0.494 e. The topological polar surface area (TPSA) is 25.6 Å². The highest BCUT2D eigenvalue weighted by atomic mass is 16.5. The Labute approximate surface area is 132 Å². The summed E-state index contributed by atoms with van der Waals surface area (Å²) in [5.41, 5.74) is 1.21. The Morgan fingerprint density at radius 3 is 2.73 bits per heavy atom. The van der Waals surface area contributed by atoms with Crippen LogP contribution in [0.1, 0.15) is 31.9 Å². The molecule has 0 amide bonds. The first kappa shape index (κ1) is 14.8. The molecule has 1 aliphatic carbocycles. The van der Waals surface area contributed by atoms with Crippen LogP contribution in [-0.2, 0) is 6.54 Å². The van der Waals surface area contributed by atoms with Gasteiger partial charge < -0.3 is 14.1 Å². The molecule has 0 radical (unpaired) electrons. The third-order valence-electron chi connectivity index (χ3n) is 4.01. The van der Waals surface area contributed by atoms with Gasteiger partial charge in [-0.05, 0) is 62.6 Å². The van der Waals surface area contributed by atoms with Crippen LogP contribution in [0.5, 0.6) is 5.75 Å². The molecule has 1 heterocycles. The second-order valence-corrected chi connectivity index (χ2v) is 5.56. The predicted octanol–water partition coefficient (Wildman–Crippen LogP) is 4.79. The van der Waals surface area contributed by atoms with E-state index in [1.54, 1.807) is 6.26 Å². The van der Waals surface area contributed by atoms with Crippen molar-refractivity contribution in [2.24, 2.45) is 0 Å². The minimum atomic E-state index is 0.428. The highest BCUT2D eigenvalue weighted by Crippen LogP contribution is 2.27. The van der Waals surface area contributed by atoms with E-state index in [4.69, 9.17) is 9.15 Å². The van der Waals surface area contributed by atoms with E-state index in [-0.39, 0.29) is 0 Å². The molecule has 3 rings (SSSR count). The molecule has 1 aromatic carbocycles. The van der Waals surface area contributed by atoms with Crippen LogP contribution in [0.3, 0.4) is 0 Å². The first-order chi connectivity index (χ1) is 10.9. The lowest BCUT2D eigenvalue weighted by Crippen LogP contribution is -2.34. The normalized spacial score (nSPS) is 17.4. The number of nitrogens with zero attached hydrogens (tertiary/aromatic N) is 1. The summed E-state index contributed by atoms with van der Waals surface area (Å²) < 4.78 is 11.1. The second kappa shape index (κ2) is 7.21. The van der Waals surface area contributed by atoms with Gasteiger partial charge in [0.15, 0.2) is 0 Å². The highest BCUT2D eigenvalue weighted by Gasteiger charge is 2.19. The van der Waals surface area contributed by atoms with Gasteiger partial charge in [-0.1, -0.05) is 12.2 Å². The average Bonchev–Trinajstić information content (AvgIpc) is 3.08. The summed E-state index contributed by atoms with van der Waals surface area (Å²) in [7, 11) is 0. The molecule has 2 aromatic rings. The van der Waals surface area contributed by atoms with E-state index in [0.717, 1.165) is 18.1 Å². The molecule has 3 nitrogen and oxygen atoms in total. The molecular formula is C19H23NO2. The van der Waals surface area contributed by atoms with Crippen molar-refractivity contribution in [3.63, 3.8) is 0 Å². The fourth-order valence-corrected chi connectivity index (χ4v) is 2.93. The third-order valence-corrected chi connectivity index (χ3v) is 4.01. The van der Waals surface area contributed by atoms with E-state index in [1.165, 1.54) is 24.9 Å². The number of ether oxygens (including phenoxy) is 1. The lowest BCUT2D eigenvalue weighted by Gasteiger charge is -2.33. The number of hydrogen-bond acceptors (Lipinski definition) is 3. The van der Waals surface area contributed by atoms with Gasteiger partial charge in [0.1, 0.15) is 11.5 Å². The first-order valence-electron chi connectivity index (χ1n) is 8.05. The van der Waals surface area contributed by atoms with Crippen LogP contribution in [-0.4, -0.2) is 12.6 Å². The van der Waals surface area contributed by atoms with E-state index in [0.29, 0.717) is 12.6 Å². The fourth-order valence-electron chi connectivity index (χ4n) is 2.93. The third kappa shape index (κ3) is 3.53. The molecule has 0 saturated carbocycles. The molecule has 1 unspecified atom stereocenters. The maximum absolute atomic E-state index is 5.55. The van der Waals surface area contributed by atoms with Gasteiger partial charge in [0.25, 0.3) is 0 Å². The number of hydrogen-bond donors (Lipinski definition) is 0. The maximum atomic E-state index is 5.55. The Morgan fingerprint density at radius 2 is 2.09 bits per heavy atom. The Morgan fingerprint density at radius 1 is 1.23 bits per heavy atom. The number of benzene rings is 1. The Balaban J connectivity index is 1.83. The van der Waals surface area contributed by atoms with E-state index >= 15 is 0 Å². The van der Waals surface area contributed by atoms with Crippen molar-refractivity contribution in [1.82, 2.24) is 0 Å². The number of rotatable bonds is 6. The fraction of sp³-hybridized carbons (Fsp3) is 0.368. The molecule has 0 N–H and O–H groups in total. The highest BCUT2D eigenvalue weighted by molar-refractivity contribution is 5.51. The van der Waals surface area contributed by atoms with Gasteiger partial charge in [-0.25, -0.2) is 0 Å². The summed E-state index contributed by atoms with van der Waals surface area (Å²) in [4.78, 5) is 2.41. The van der Waals surface area contributed by atoms with Gasteiger partial charge in [0, 0.05) is 11.7 Å². The molecule has 1 aromatic heterocycles. The van der Waals surface area contributed by atoms with Gasteiger partial charge >= 0.3 is 0 Å². The lowest BCUT2D eigenvalue weighted by molar-refractivity contribution is 0.340. The monoisotopic (exact) mass is 297 g/mol. The zero-order chi connectivity index (χ0) is 15.2. The molecular weight excluding hydrogens is 274 g/mol. The molecule has 22 heavy (non-hydrogen) atoms. The SMILES string of the molecule is CCOc1ccc(N(Cc2ccco2)C2C=CCCC2)cc1. The molecule has 0 saturated heterocycles. The van der Waals surface area contributed by atoms with Crippen LogP contribution in [0.15, 0.2) is 59.2 Å². The Hall–Kier alpha value is -2.16. The van der Waals surface area contributed by atoms with Crippen LogP contribution >= 0.6 is 0 Å². The summed E-state index contributed by atoms with van der Waals surface area (Å²) in [6.07, 6.45) is 9.97. The van der Waals surface area contributed by atoms with Gasteiger partial charge in [0.05, 0.1) is 19.4 Å². The van der Waals surface area contributed by atoms with Crippen molar-refractivity contribution in [2.75, 3.05) is 11.5 Å². The van der Waals surface area contributed by atoms with Gasteiger partial charge in [0.2, 0.25) is 0 Å². The van der Waals surface area contributed by atoms with Gasteiger partial charge in [-0.15, -0.1) is 0 Å². The minimum Gasteiger partial charge on any atom is -0.494 e. The van der Waals surface area contributed by atoms with Crippen LogP contribution in [0, 0.1) is 0 Å². The van der Waals surface area contributed by atoms with Crippen LogP contribution in [0.25, 0.3) is 0 Å². The van der Waals surface area contributed by atoms with Crippen molar-refractivity contribution in [3.05, 3.63) is 60.6 Å². The zero-order valence-electron chi connectivity index (χ0n) is 13.1. The Kier molecular flexibility index (Phi) is 4.84. The smallest absolute Gasteiger partial charge is 0.123 e. The quantitative estimate of drug-likeness (QED) is 0.717. The summed E-state index contributed by atoms with van der Waals surface area (Å²) in [6.45, 7) is 3.49. The van der Waals surface area contributed by atoms with E-state index in [1.807, 2.05) is 31.2 Å². The zero-order valence-corrected chi connectivity index (χ0v) is 13.1. The van der Waals surface area contributed by atoms with Crippen molar-refractivity contribution < 1.29 is 9.15 Å². The Bertz CT molecular complexity index is 586. The molecule has 116 valence electrons. The molecule has 3 heteroatoms. The molecule has 1 atom stereocenters. The first-order valence-corrected chi connectivity index (χ1v) is 8.05. The molecule has 0 fully saturated rings. The summed E-state index contributed by atoms with van der Waals surface area (Å²) in [5.74, 6) is 1.91. The van der Waals surface area contributed by atoms with Crippen molar-refractivity contribution in [2.45, 2.75) is 38.8 Å². The number of anilines is 1. The molecule has 1 aliphatic rings. The molecule has 0 aliphatic heterocycles. The standard InChI is InChI=1S/C19H23NO2/c1-2-21-18-12-10-17(11-13-18)20(15-19-9-6-14-22-19)16-7-4-3-5-8-16/h4,6-7,9-14,16H,2-3,5,8,15H2,1H3. The van der Waals surface area contributed by atoms with Crippen LogP contribution in [0.4, 0.5) is 5.69 Å². The molecule has 0 spiro atoms. The van der Waals surface area contributed by atoms with Crippen molar-refractivity contribution in [1.29, 1.82) is 0 Å². The van der Waals surface area contributed by atoms with Gasteiger partial charge in [-0.3, -0.25) is 0 Å². The minimum absolute atomic E-state index is 0.428. The second-order valence-electron chi connectivity index (χ2n) is 5.56. The molecule has 0 bridgehead atoms. The number of furan rings is 1. The number of allylic oxidation sites excluding steroid dienone is 1. The van der Waals surface area contributed by atoms with E-state index in [2.05, 4.69) is 29.2 Å². The summed E-state index contributed by atoms with van der Waals surface area (Å²) >= 11 is 0. The summed E-state index contributed by atoms with van der Waals surface area (Å²) in [6, 6.07) is 12.8. The summed E-state index contributed by atoms with van der Waals surface area (Å²) in [5, 5.41) is 0. The average molecular weight is 297 g/mol. The van der Waals surface area contributed by atoms with Crippen molar-refractivity contribution >= 4 is 5.69 Å². The van der Waals surface area contributed by atoms with Crippen molar-refractivity contribution in [3.8, 4) is 5.75 Å². The van der Waals surface area contributed by atoms with Gasteiger partial charge in [-0.2, -0.15) is 0 Å².